The molecule has 2 heterocycles. The average molecular weight is 982 g/mol. The smallest absolute Gasteiger partial charge is 0.149 e. The van der Waals surface area contributed by atoms with Crippen molar-refractivity contribution >= 4 is 21.8 Å². The molecule has 0 spiro atoms. The zero-order chi connectivity index (χ0) is 53.0. The Kier molecular flexibility index (Phi) is 11.8. The van der Waals surface area contributed by atoms with Gasteiger partial charge in [-0.1, -0.05) is 211 Å². The fourth-order valence-corrected chi connectivity index (χ4v) is 12.2. The number of aromatic hydroxyl groups is 1. The second-order valence-electron chi connectivity index (χ2n) is 25.6. The van der Waals surface area contributed by atoms with Crippen LogP contribution in [0.4, 0.5) is 0 Å². The predicted octanol–water partition coefficient (Wildman–Crippen LogP) is 19.1. The van der Waals surface area contributed by atoms with Gasteiger partial charge in [0, 0.05) is 28.5 Å². The van der Waals surface area contributed by atoms with Gasteiger partial charge in [-0.3, -0.25) is 9.55 Å². The molecule has 0 unspecified atom stereocenters. The number of fused-ring (bicyclic) bond motifs is 1. The molecule has 0 saturated heterocycles. The van der Waals surface area contributed by atoms with E-state index in [1.807, 2.05) is 6.20 Å². The van der Waals surface area contributed by atoms with Gasteiger partial charge in [-0.05, 0) is 148 Å². The third-order valence-corrected chi connectivity index (χ3v) is 16.0. The molecule has 2 aromatic heterocycles. The van der Waals surface area contributed by atoms with Crippen LogP contribution in [0.15, 0.2) is 176 Å². The minimum atomic E-state index is -0.350. The first kappa shape index (κ1) is 49.6. The number of imidazole rings is 1. The monoisotopic (exact) mass is 982 g/mol. The van der Waals surface area contributed by atoms with Crippen molar-refractivity contribution < 1.29 is 5.11 Å². The molecule has 11 rings (SSSR count). The molecule has 0 atom stereocenters. The summed E-state index contributed by atoms with van der Waals surface area (Å²) in [6.07, 6.45) is 3.01. The number of nitrogens with zero attached hydrogens (tertiary/aromatic N) is 3. The van der Waals surface area contributed by atoms with Crippen molar-refractivity contribution in [3.05, 3.63) is 204 Å². The lowest BCUT2D eigenvalue weighted by Gasteiger charge is -2.42. The highest BCUT2D eigenvalue weighted by Crippen LogP contribution is 2.52. The second kappa shape index (κ2) is 17.8. The zero-order valence-electron chi connectivity index (χ0n) is 46.2. The number of pyridine rings is 1. The first-order valence-corrected chi connectivity index (χ1v) is 26.8. The summed E-state index contributed by atoms with van der Waals surface area (Å²) in [5, 5.41) is 15.5. The minimum absolute atomic E-state index is 0.0358. The summed E-state index contributed by atoms with van der Waals surface area (Å²) in [6, 6.07) is 62.1. The number of rotatable bonds is 7. The molecule has 8 aromatic carbocycles. The SMILES string of the molecule is CC(C)(C)c1cc(-c2cc(-c3ccccc3)ccn2)cc(-c2cccc3c2nc(-c2cc(C(C)(C)C)cc(C(C)(C)C)c2O)n3-c2ccc(-c3ccc4c5c(cccc35)C(C)(C)CC4(C)C)cc2-c2ccccc2)c1. The third-order valence-electron chi connectivity index (χ3n) is 16.0. The maximum Gasteiger partial charge on any atom is 0.149 e. The Hall–Kier alpha value is -7.56. The van der Waals surface area contributed by atoms with Crippen LogP contribution in [-0.4, -0.2) is 19.6 Å². The molecule has 0 radical (unpaired) electrons. The molecule has 4 nitrogen and oxygen atoms in total. The lowest BCUT2D eigenvalue weighted by atomic mass is 9.61. The van der Waals surface area contributed by atoms with Gasteiger partial charge < -0.3 is 5.11 Å². The fraction of sp³-hybridized carbons (Fsp3) is 0.268. The highest BCUT2D eigenvalue weighted by molar-refractivity contribution is 6.03. The molecule has 4 heteroatoms. The van der Waals surface area contributed by atoms with E-state index in [-0.39, 0.29) is 32.8 Å². The Bertz CT molecular complexity index is 3830. The first-order chi connectivity index (χ1) is 35.5. The average Bonchev–Trinajstić information content (AvgIpc) is 3.82. The number of hydrogen-bond acceptors (Lipinski definition) is 3. The van der Waals surface area contributed by atoms with Gasteiger partial charge in [0.05, 0.1) is 28.0 Å². The Morgan fingerprint density at radius 2 is 1.11 bits per heavy atom. The molecule has 1 aliphatic carbocycles. The third kappa shape index (κ3) is 8.86. The number of hydrogen-bond donors (Lipinski definition) is 1. The molecule has 0 amide bonds. The first-order valence-electron chi connectivity index (χ1n) is 26.8. The molecular formula is C71H71N3O. The minimum Gasteiger partial charge on any atom is -0.507 e. The topological polar surface area (TPSA) is 50.9 Å². The van der Waals surface area contributed by atoms with Crippen molar-refractivity contribution in [1.82, 2.24) is 14.5 Å². The zero-order valence-corrected chi connectivity index (χ0v) is 46.2. The van der Waals surface area contributed by atoms with Gasteiger partial charge in [0.2, 0.25) is 0 Å². The van der Waals surface area contributed by atoms with E-state index in [1.54, 1.807) is 0 Å². The number of benzene rings is 8. The van der Waals surface area contributed by atoms with Crippen molar-refractivity contribution in [3.8, 4) is 78.6 Å². The summed E-state index contributed by atoms with van der Waals surface area (Å²) in [6.45, 7) is 29.7. The van der Waals surface area contributed by atoms with Gasteiger partial charge in [-0.25, -0.2) is 4.98 Å². The van der Waals surface area contributed by atoms with Gasteiger partial charge in [0.15, 0.2) is 0 Å². The maximum absolute atomic E-state index is 12.8. The van der Waals surface area contributed by atoms with Crippen LogP contribution in [-0.2, 0) is 27.1 Å². The molecule has 75 heavy (non-hydrogen) atoms. The lowest BCUT2D eigenvalue weighted by Crippen LogP contribution is -2.34. The molecule has 10 aromatic rings. The Labute approximate surface area is 445 Å². The van der Waals surface area contributed by atoms with E-state index in [0.717, 1.165) is 84.5 Å². The van der Waals surface area contributed by atoms with Crippen LogP contribution in [0.2, 0.25) is 0 Å². The van der Waals surface area contributed by atoms with Gasteiger partial charge in [0.1, 0.15) is 11.6 Å². The highest BCUT2D eigenvalue weighted by atomic mass is 16.3. The van der Waals surface area contributed by atoms with E-state index in [9.17, 15) is 5.11 Å². The number of phenols is 1. The van der Waals surface area contributed by atoms with Crippen LogP contribution in [0.3, 0.4) is 0 Å². The Balaban J connectivity index is 1.20. The largest absolute Gasteiger partial charge is 0.507 e. The molecule has 376 valence electrons. The summed E-state index contributed by atoms with van der Waals surface area (Å²) in [5.41, 5.74) is 19.8. The summed E-state index contributed by atoms with van der Waals surface area (Å²) in [5.74, 6) is 0.939. The van der Waals surface area contributed by atoms with Crippen molar-refractivity contribution in [2.75, 3.05) is 0 Å². The fourth-order valence-electron chi connectivity index (χ4n) is 12.2. The van der Waals surface area contributed by atoms with E-state index in [1.165, 1.54) is 33.0 Å². The second-order valence-corrected chi connectivity index (χ2v) is 25.6. The van der Waals surface area contributed by atoms with Gasteiger partial charge in [-0.15, -0.1) is 0 Å². The predicted molar refractivity (Wildman–Crippen MR) is 317 cm³/mol. The van der Waals surface area contributed by atoms with Crippen LogP contribution < -0.4 is 0 Å². The Morgan fingerprint density at radius 3 is 1.79 bits per heavy atom. The highest BCUT2D eigenvalue weighted by Gasteiger charge is 2.39. The Morgan fingerprint density at radius 1 is 0.467 bits per heavy atom. The van der Waals surface area contributed by atoms with Crippen LogP contribution in [0.1, 0.15) is 124 Å². The van der Waals surface area contributed by atoms with E-state index in [0.29, 0.717) is 11.4 Å². The maximum atomic E-state index is 12.8. The lowest BCUT2D eigenvalue weighted by molar-refractivity contribution is 0.341. The van der Waals surface area contributed by atoms with Gasteiger partial charge in [0.25, 0.3) is 0 Å². The van der Waals surface area contributed by atoms with E-state index < -0.39 is 0 Å². The molecule has 1 N–H and O–H groups in total. The van der Waals surface area contributed by atoms with Crippen LogP contribution >= 0.6 is 0 Å². The number of aromatic nitrogens is 3. The van der Waals surface area contributed by atoms with Crippen molar-refractivity contribution in [2.45, 2.75) is 124 Å². The van der Waals surface area contributed by atoms with Crippen molar-refractivity contribution in [3.63, 3.8) is 0 Å². The van der Waals surface area contributed by atoms with E-state index >= 15 is 0 Å². The van der Waals surface area contributed by atoms with Gasteiger partial charge >= 0.3 is 0 Å². The quantitative estimate of drug-likeness (QED) is 0.173. The van der Waals surface area contributed by atoms with Crippen molar-refractivity contribution in [2.24, 2.45) is 0 Å². The normalized spacial score (nSPS) is 14.4. The van der Waals surface area contributed by atoms with Crippen LogP contribution in [0.25, 0.3) is 94.6 Å². The van der Waals surface area contributed by atoms with E-state index in [2.05, 4.69) is 264 Å². The summed E-state index contributed by atoms with van der Waals surface area (Å²) >= 11 is 0. The van der Waals surface area contributed by atoms with E-state index in [4.69, 9.17) is 9.97 Å². The number of para-hydroxylation sites is 1. The van der Waals surface area contributed by atoms with Gasteiger partial charge in [-0.2, -0.15) is 0 Å². The summed E-state index contributed by atoms with van der Waals surface area (Å²) in [7, 11) is 0. The van der Waals surface area contributed by atoms with Crippen molar-refractivity contribution in [1.29, 1.82) is 0 Å². The molecule has 0 bridgehead atoms. The molecular weight excluding hydrogens is 911 g/mol. The molecule has 1 aliphatic rings. The van der Waals surface area contributed by atoms with Crippen LogP contribution in [0, 0.1) is 0 Å². The number of phenolic OH excluding ortho intramolecular Hbond substituents is 1. The molecule has 0 aliphatic heterocycles. The van der Waals surface area contributed by atoms with Crippen LogP contribution in [0.5, 0.6) is 5.75 Å². The summed E-state index contributed by atoms with van der Waals surface area (Å²) in [4.78, 5) is 10.8. The molecule has 0 fully saturated rings. The standard InChI is InChI=1S/C71H71N3O/c1-67(2,3)50-37-48(36-49(38-50)60-40-46(34-35-72-60)44-22-16-14-17-23-44)53-26-21-29-62-64(53)73-66(56-41-51(68(4,5)6)42-59(65(56)75)69(7,8)9)74(62)61-33-30-47(39-55(61)45-24-18-15-19-25-45)52-31-32-58-63-54(52)27-20-28-57(63)70(10,11)43-71(58,12)13/h14-42,75H,43H2,1-13H3. The summed E-state index contributed by atoms with van der Waals surface area (Å²) < 4.78 is 2.32. The molecule has 0 saturated carbocycles.